The number of nitrogens with zero attached hydrogens (tertiary/aromatic N) is 2. The molecule has 1 amide bonds. The molecule has 0 N–H and O–H groups in total. The van der Waals surface area contributed by atoms with Gasteiger partial charge in [-0.25, -0.2) is 8.42 Å². The van der Waals surface area contributed by atoms with Gasteiger partial charge in [-0.15, -0.1) is 11.3 Å². The van der Waals surface area contributed by atoms with Gasteiger partial charge in [0.2, 0.25) is 5.91 Å². The molecule has 1 aromatic rings. The minimum atomic E-state index is -3.51. The highest BCUT2D eigenvalue weighted by Crippen LogP contribution is 2.37. The molecule has 8 heteroatoms. The van der Waals surface area contributed by atoms with Crippen LogP contribution in [-0.4, -0.2) is 49.2 Å². The Morgan fingerprint density at radius 1 is 1.04 bits per heavy atom. The third kappa shape index (κ3) is 4.00. The molecule has 3 fully saturated rings. The molecule has 150 valence electrons. The van der Waals surface area contributed by atoms with Gasteiger partial charge in [-0.3, -0.25) is 4.79 Å². The summed E-state index contributed by atoms with van der Waals surface area (Å²) in [4.78, 5) is 15.4. The van der Waals surface area contributed by atoms with Gasteiger partial charge in [-0.05, 0) is 72.5 Å². The van der Waals surface area contributed by atoms with Gasteiger partial charge < -0.3 is 4.90 Å². The van der Waals surface area contributed by atoms with E-state index >= 15 is 0 Å². The summed E-state index contributed by atoms with van der Waals surface area (Å²) in [6, 6.07) is 3.80. The Morgan fingerprint density at radius 3 is 2.48 bits per heavy atom. The maximum Gasteiger partial charge on any atom is 0.252 e. The van der Waals surface area contributed by atoms with E-state index in [2.05, 4.69) is 20.8 Å². The predicted octanol–water partition coefficient (Wildman–Crippen LogP) is 4.09. The minimum absolute atomic E-state index is 0.191. The van der Waals surface area contributed by atoms with Gasteiger partial charge in [0.15, 0.2) is 0 Å². The third-order valence-corrected chi connectivity index (χ3v) is 10.4. The van der Waals surface area contributed by atoms with Crippen molar-refractivity contribution in [2.45, 2.75) is 61.6 Å². The van der Waals surface area contributed by atoms with Crippen LogP contribution in [0.1, 0.15) is 51.4 Å². The Bertz CT molecular complexity index is 789. The Balaban J connectivity index is 1.47. The summed E-state index contributed by atoms with van der Waals surface area (Å²) >= 11 is 4.57. The molecule has 1 aliphatic carbocycles. The number of sulfonamides is 1. The van der Waals surface area contributed by atoms with Crippen molar-refractivity contribution in [3.63, 3.8) is 0 Å². The average Bonchev–Trinajstić information content (AvgIpc) is 3.41. The number of piperidine rings is 1. The largest absolute Gasteiger partial charge is 0.339 e. The topological polar surface area (TPSA) is 57.7 Å². The number of likely N-dealkylation sites (tertiary alicyclic amines) is 1. The molecule has 2 aliphatic heterocycles. The number of hydrogen-bond acceptors (Lipinski definition) is 4. The number of thiophene rings is 1. The summed E-state index contributed by atoms with van der Waals surface area (Å²) in [6.07, 6.45) is 8.82. The van der Waals surface area contributed by atoms with E-state index in [-0.39, 0.29) is 11.8 Å². The molecule has 0 spiro atoms. The number of amides is 1. The molecule has 0 aromatic carbocycles. The number of hydrogen-bond donors (Lipinski definition) is 0. The second kappa shape index (κ2) is 8.13. The first-order valence-corrected chi connectivity index (χ1v) is 13.1. The lowest BCUT2D eigenvalue weighted by Gasteiger charge is -2.36. The quantitative estimate of drug-likeness (QED) is 0.659. The van der Waals surface area contributed by atoms with Crippen LogP contribution in [0.15, 0.2) is 20.1 Å². The van der Waals surface area contributed by atoms with E-state index < -0.39 is 10.0 Å². The lowest BCUT2D eigenvalue weighted by atomic mass is 9.93. The van der Waals surface area contributed by atoms with E-state index in [1.54, 1.807) is 12.1 Å². The molecule has 27 heavy (non-hydrogen) atoms. The third-order valence-electron chi connectivity index (χ3n) is 6.40. The first kappa shape index (κ1) is 19.9. The number of carbonyl (C=O) groups excluding carboxylic acids is 1. The van der Waals surface area contributed by atoms with Crippen LogP contribution in [-0.2, 0) is 14.8 Å². The zero-order valence-electron chi connectivity index (χ0n) is 15.5. The summed E-state index contributed by atoms with van der Waals surface area (Å²) in [5.74, 6) is 0.652. The lowest BCUT2D eigenvalue weighted by Crippen LogP contribution is -2.48. The summed E-state index contributed by atoms with van der Waals surface area (Å²) in [7, 11) is -3.51. The van der Waals surface area contributed by atoms with Gasteiger partial charge in [0.1, 0.15) is 4.21 Å². The molecular formula is C19H27BrN2O3S2. The molecule has 2 saturated heterocycles. The second-order valence-corrected chi connectivity index (χ2v) is 12.7. The molecule has 0 radical (unpaired) electrons. The van der Waals surface area contributed by atoms with Crippen LogP contribution in [0.25, 0.3) is 0 Å². The molecule has 3 heterocycles. The molecule has 2 unspecified atom stereocenters. The SMILES string of the molecule is O=C(C1CCCN(S(=O)(=O)c2ccc(Br)s2)C1)N1CCCC1C1CCCC1. The molecule has 1 aromatic heterocycles. The van der Waals surface area contributed by atoms with Crippen molar-refractivity contribution in [2.24, 2.45) is 11.8 Å². The van der Waals surface area contributed by atoms with E-state index in [0.29, 0.717) is 29.3 Å². The van der Waals surface area contributed by atoms with Crippen LogP contribution >= 0.6 is 27.3 Å². The van der Waals surface area contributed by atoms with Crippen LogP contribution in [0.4, 0.5) is 0 Å². The van der Waals surface area contributed by atoms with Gasteiger partial charge >= 0.3 is 0 Å². The fourth-order valence-electron chi connectivity index (χ4n) is 5.06. The standard InChI is InChI=1S/C19H27BrN2O3S2/c20-17-9-10-18(26-17)27(24,25)21-11-3-7-15(13-21)19(23)22-12-4-8-16(22)14-5-1-2-6-14/h9-10,14-16H,1-8,11-13H2. The summed E-state index contributed by atoms with van der Waals surface area (Å²) in [5, 5.41) is 0. The predicted molar refractivity (Wildman–Crippen MR) is 110 cm³/mol. The molecule has 3 aliphatic rings. The lowest BCUT2D eigenvalue weighted by molar-refractivity contribution is -0.138. The van der Waals surface area contributed by atoms with Crippen molar-refractivity contribution >= 4 is 43.2 Å². The molecule has 2 atom stereocenters. The van der Waals surface area contributed by atoms with Crippen molar-refractivity contribution in [1.29, 1.82) is 0 Å². The van der Waals surface area contributed by atoms with E-state index in [0.717, 1.165) is 36.0 Å². The normalized spacial score (nSPS) is 28.1. The van der Waals surface area contributed by atoms with Crippen molar-refractivity contribution in [1.82, 2.24) is 9.21 Å². The molecular weight excluding hydrogens is 448 g/mol. The number of carbonyl (C=O) groups is 1. The highest BCUT2D eigenvalue weighted by Gasteiger charge is 2.41. The van der Waals surface area contributed by atoms with Gasteiger partial charge in [0, 0.05) is 25.7 Å². The smallest absolute Gasteiger partial charge is 0.252 e. The number of halogens is 1. The second-order valence-electron chi connectivity index (χ2n) is 8.05. The highest BCUT2D eigenvalue weighted by atomic mass is 79.9. The van der Waals surface area contributed by atoms with Crippen molar-refractivity contribution in [3.8, 4) is 0 Å². The van der Waals surface area contributed by atoms with Crippen molar-refractivity contribution in [2.75, 3.05) is 19.6 Å². The Kier molecular flexibility index (Phi) is 5.98. The molecule has 0 bridgehead atoms. The van der Waals surface area contributed by atoms with Gasteiger partial charge in [-0.2, -0.15) is 4.31 Å². The zero-order valence-corrected chi connectivity index (χ0v) is 18.7. The minimum Gasteiger partial charge on any atom is -0.339 e. The van der Waals surface area contributed by atoms with Gasteiger partial charge in [0.05, 0.1) is 9.70 Å². The Morgan fingerprint density at radius 2 is 1.78 bits per heavy atom. The molecule has 1 saturated carbocycles. The average molecular weight is 475 g/mol. The molecule has 4 rings (SSSR count). The van der Waals surface area contributed by atoms with E-state index in [1.807, 2.05) is 0 Å². The van der Waals surface area contributed by atoms with Crippen molar-refractivity contribution in [3.05, 3.63) is 15.9 Å². The van der Waals surface area contributed by atoms with E-state index in [9.17, 15) is 13.2 Å². The first-order chi connectivity index (χ1) is 13.0. The highest BCUT2D eigenvalue weighted by molar-refractivity contribution is 9.11. The van der Waals surface area contributed by atoms with Crippen LogP contribution in [0.5, 0.6) is 0 Å². The van der Waals surface area contributed by atoms with Crippen LogP contribution in [0, 0.1) is 11.8 Å². The number of rotatable bonds is 4. The summed E-state index contributed by atoms with van der Waals surface area (Å²) in [6.45, 7) is 1.68. The van der Waals surface area contributed by atoms with Crippen LogP contribution in [0.3, 0.4) is 0 Å². The zero-order chi connectivity index (χ0) is 19.0. The maximum absolute atomic E-state index is 13.3. The fourth-order valence-corrected chi connectivity index (χ4v) is 8.75. The Hall–Kier alpha value is -0.440. The van der Waals surface area contributed by atoms with Gasteiger partial charge in [0.25, 0.3) is 10.0 Å². The summed E-state index contributed by atoms with van der Waals surface area (Å²) < 4.78 is 28.6. The van der Waals surface area contributed by atoms with Gasteiger partial charge in [-0.1, -0.05) is 12.8 Å². The fraction of sp³-hybridized carbons (Fsp3) is 0.737. The summed E-state index contributed by atoms with van der Waals surface area (Å²) in [5.41, 5.74) is 0. The van der Waals surface area contributed by atoms with Crippen LogP contribution in [0.2, 0.25) is 0 Å². The van der Waals surface area contributed by atoms with E-state index in [1.165, 1.54) is 41.3 Å². The van der Waals surface area contributed by atoms with Crippen LogP contribution < -0.4 is 0 Å². The maximum atomic E-state index is 13.3. The Labute approximate surface area is 174 Å². The molecule has 5 nitrogen and oxygen atoms in total. The van der Waals surface area contributed by atoms with E-state index in [4.69, 9.17) is 0 Å². The monoisotopic (exact) mass is 474 g/mol. The van der Waals surface area contributed by atoms with Crippen molar-refractivity contribution < 1.29 is 13.2 Å². The first-order valence-electron chi connectivity index (χ1n) is 10.0.